The third-order valence-corrected chi connectivity index (χ3v) is 7.12. The van der Waals surface area contributed by atoms with E-state index in [-0.39, 0.29) is 5.91 Å². The molecule has 0 N–H and O–H groups in total. The Kier molecular flexibility index (Phi) is 6.50. The van der Waals surface area contributed by atoms with Crippen LogP contribution in [0, 0.1) is 0 Å². The second-order valence-corrected chi connectivity index (χ2v) is 9.51. The topological polar surface area (TPSA) is 45.7 Å². The van der Waals surface area contributed by atoms with Gasteiger partial charge in [0.25, 0.3) is 0 Å². The van der Waals surface area contributed by atoms with Crippen LogP contribution >= 0.6 is 34.3 Å². The van der Waals surface area contributed by atoms with Crippen molar-refractivity contribution >= 4 is 45.9 Å². The Morgan fingerprint density at radius 1 is 1.21 bits per heavy atom. The molecule has 4 rings (SSSR count). The molecule has 3 aromatic rings. The molecular weight excluding hydrogens is 426 g/mol. The fraction of sp³-hybridized carbons (Fsp3) is 0.333. The lowest BCUT2D eigenvalue weighted by molar-refractivity contribution is -0.129. The van der Waals surface area contributed by atoms with Gasteiger partial charge in [-0.05, 0) is 29.8 Å². The van der Waals surface area contributed by atoms with E-state index in [9.17, 15) is 4.79 Å². The number of halogens is 1. The number of likely N-dealkylation sites (N-methyl/N-ethyl adjacent to an activating group) is 1. The van der Waals surface area contributed by atoms with Crippen LogP contribution in [0.1, 0.15) is 11.3 Å². The van der Waals surface area contributed by atoms with E-state index in [1.54, 1.807) is 16.2 Å². The van der Waals surface area contributed by atoms with Crippen LogP contribution in [0.5, 0.6) is 0 Å². The third kappa shape index (κ3) is 5.17. The van der Waals surface area contributed by atoms with Gasteiger partial charge in [0, 0.05) is 37.7 Å². The average Bonchev–Trinajstić information content (AvgIpc) is 3.38. The summed E-state index contributed by atoms with van der Waals surface area (Å²) in [4.78, 5) is 22.3. The number of ether oxygens (including phenoxy) is 1. The fourth-order valence-corrected chi connectivity index (χ4v) is 5.15. The molecule has 0 saturated carbocycles. The Morgan fingerprint density at radius 3 is 2.66 bits per heavy atom. The van der Waals surface area contributed by atoms with Crippen LogP contribution in [-0.2, 0) is 22.5 Å². The Balaban J connectivity index is 1.33. The lowest BCUT2D eigenvalue weighted by Crippen LogP contribution is -2.36. The lowest BCUT2D eigenvalue weighted by atomic mass is 10.1. The predicted octanol–water partition coefficient (Wildman–Crippen LogP) is 4.56. The lowest BCUT2D eigenvalue weighted by Gasteiger charge is -2.29. The molecule has 2 aromatic heterocycles. The molecule has 0 aliphatic carbocycles. The predicted molar refractivity (Wildman–Crippen MR) is 120 cm³/mol. The summed E-state index contributed by atoms with van der Waals surface area (Å²) in [5.74, 6) is 0.0586. The summed E-state index contributed by atoms with van der Waals surface area (Å²) in [6.45, 7) is 3.98. The van der Waals surface area contributed by atoms with Crippen molar-refractivity contribution < 1.29 is 9.53 Å². The van der Waals surface area contributed by atoms with Crippen molar-refractivity contribution in [3.05, 3.63) is 57.4 Å². The summed E-state index contributed by atoms with van der Waals surface area (Å²) in [7, 11) is 1.84. The first-order valence-electron chi connectivity index (χ1n) is 9.44. The number of thiophene rings is 1. The van der Waals surface area contributed by atoms with E-state index < -0.39 is 0 Å². The van der Waals surface area contributed by atoms with Gasteiger partial charge in [0.15, 0.2) is 0 Å². The second kappa shape index (κ2) is 9.26. The number of aromatic nitrogens is 1. The van der Waals surface area contributed by atoms with E-state index >= 15 is 0 Å². The van der Waals surface area contributed by atoms with Gasteiger partial charge in [0.05, 0.1) is 34.5 Å². The van der Waals surface area contributed by atoms with Gasteiger partial charge in [-0.3, -0.25) is 4.79 Å². The zero-order valence-corrected chi connectivity index (χ0v) is 18.5. The van der Waals surface area contributed by atoms with Gasteiger partial charge in [-0.25, -0.2) is 4.98 Å². The minimum absolute atomic E-state index is 0.0586. The van der Waals surface area contributed by atoms with Crippen LogP contribution < -0.4 is 4.90 Å². The number of benzene rings is 1. The van der Waals surface area contributed by atoms with Crippen molar-refractivity contribution in [2.75, 3.05) is 38.3 Å². The van der Waals surface area contributed by atoms with Crippen molar-refractivity contribution in [1.82, 2.24) is 9.88 Å². The Labute approximate surface area is 183 Å². The molecule has 0 bridgehead atoms. The van der Waals surface area contributed by atoms with Gasteiger partial charge in [-0.1, -0.05) is 23.7 Å². The third-order valence-electron chi connectivity index (χ3n) is 4.83. The van der Waals surface area contributed by atoms with E-state index in [2.05, 4.69) is 34.1 Å². The molecule has 29 heavy (non-hydrogen) atoms. The van der Waals surface area contributed by atoms with Crippen LogP contribution in [0.4, 0.5) is 5.69 Å². The number of hydrogen-bond donors (Lipinski definition) is 0. The number of nitrogens with zero attached hydrogens (tertiary/aromatic N) is 3. The molecule has 1 aliphatic heterocycles. The minimum atomic E-state index is 0.0586. The number of amides is 1. The molecule has 1 aliphatic rings. The fourth-order valence-electron chi connectivity index (χ4n) is 3.22. The molecule has 8 heteroatoms. The summed E-state index contributed by atoms with van der Waals surface area (Å²) < 4.78 is 6.15. The quantitative estimate of drug-likeness (QED) is 0.555. The summed E-state index contributed by atoms with van der Waals surface area (Å²) in [5, 5.41) is 2.86. The summed E-state index contributed by atoms with van der Waals surface area (Å²) in [6.07, 6.45) is 0.304. The zero-order chi connectivity index (χ0) is 20.2. The highest BCUT2D eigenvalue weighted by atomic mass is 35.5. The number of thiazole rings is 1. The first-order valence-corrected chi connectivity index (χ1v) is 11.5. The number of carbonyl (C=O) groups excluding carboxylic acids is 1. The van der Waals surface area contributed by atoms with E-state index in [0.717, 1.165) is 51.8 Å². The van der Waals surface area contributed by atoms with Crippen LogP contribution in [0.3, 0.4) is 0 Å². The van der Waals surface area contributed by atoms with Gasteiger partial charge in [0.1, 0.15) is 5.01 Å². The van der Waals surface area contributed by atoms with Crippen LogP contribution in [0.15, 0.2) is 41.8 Å². The van der Waals surface area contributed by atoms with Crippen molar-refractivity contribution in [1.29, 1.82) is 0 Å². The highest BCUT2D eigenvalue weighted by Crippen LogP contribution is 2.33. The Bertz CT molecular complexity index is 964. The summed E-state index contributed by atoms with van der Waals surface area (Å²) in [5.41, 5.74) is 3.12. The van der Waals surface area contributed by atoms with Crippen LogP contribution in [0.2, 0.25) is 4.34 Å². The van der Waals surface area contributed by atoms with E-state index in [1.165, 1.54) is 17.0 Å². The largest absolute Gasteiger partial charge is 0.378 e. The normalized spacial score (nSPS) is 14.2. The van der Waals surface area contributed by atoms with E-state index in [4.69, 9.17) is 16.3 Å². The number of morpholine rings is 1. The molecular formula is C21H22ClN3O2S2. The number of rotatable bonds is 6. The molecule has 152 valence electrons. The van der Waals surface area contributed by atoms with Gasteiger partial charge in [-0.2, -0.15) is 0 Å². The first-order chi connectivity index (χ1) is 14.1. The first kappa shape index (κ1) is 20.3. The Hall–Kier alpha value is -1.93. The van der Waals surface area contributed by atoms with E-state index in [1.807, 2.05) is 24.6 Å². The molecule has 1 saturated heterocycles. The van der Waals surface area contributed by atoms with Crippen LogP contribution in [-0.4, -0.2) is 49.1 Å². The maximum atomic E-state index is 12.6. The van der Waals surface area contributed by atoms with Crippen molar-refractivity contribution in [3.63, 3.8) is 0 Å². The molecule has 0 atom stereocenters. The van der Waals surface area contributed by atoms with Crippen molar-refractivity contribution in [2.45, 2.75) is 13.0 Å². The van der Waals surface area contributed by atoms with E-state index in [0.29, 0.717) is 13.0 Å². The van der Waals surface area contributed by atoms with Gasteiger partial charge < -0.3 is 14.5 Å². The molecule has 3 heterocycles. The maximum absolute atomic E-state index is 12.6. The summed E-state index contributed by atoms with van der Waals surface area (Å²) >= 11 is 9.05. The average molecular weight is 448 g/mol. The van der Waals surface area contributed by atoms with Gasteiger partial charge in [0.2, 0.25) is 5.91 Å². The maximum Gasteiger partial charge on any atom is 0.228 e. The molecule has 1 amide bonds. The van der Waals surface area contributed by atoms with Gasteiger partial charge in [-0.15, -0.1) is 22.7 Å². The monoisotopic (exact) mass is 447 g/mol. The highest BCUT2D eigenvalue weighted by Gasteiger charge is 2.15. The minimum Gasteiger partial charge on any atom is -0.378 e. The van der Waals surface area contributed by atoms with Crippen molar-refractivity contribution in [3.8, 4) is 9.88 Å². The molecule has 0 spiro atoms. The standard InChI is InChI=1S/C21H22ClN3O2S2/c1-24(13-15-2-4-17(5-3-15)25-8-10-27-11-9-25)20(26)12-16-14-28-21(23-16)18-6-7-19(22)29-18/h2-7,14H,8-13H2,1H3. The molecule has 1 fully saturated rings. The van der Waals surface area contributed by atoms with Crippen LogP contribution in [0.25, 0.3) is 9.88 Å². The zero-order valence-electron chi connectivity index (χ0n) is 16.1. The number of hydrogen-bond acceptors (Lipinski definition) is 6. The molecule has 5 nitrogen and oxygen atoms in total. The number of anilines is 1. The summed E-state index contributed by atoms with van der Waals surface area (Å²) in [6, 6.07) is 12.3. The molecule has 1 aromatic carbocycles. The Morgan fingerprint density at radius 2 is 1.97 bits per heavy atom. The van der Waals surface area contributed by atoms with Gasteiger partial charge >= 0.3 is 0 Å². The highest BCUT2D eigenvalue weighted by molar-refractivity contribution is 7.23. The SMILES string of the molecule is CN(Cc1ccc(N2CCOCC2)cc1)C(=O)Cc1csc(-c2ccc(Cl)s2)n1. The molecule has 0 unspecified atom stereocenters. The number of carbonyl (C=O) groups is 1. The smallest absolute Gasteiger partial charge is 0.228 e. The van der Waals surface area contributed by atoms with Crippen molar-refractivity contribution in [2.24, 2.45) is 0 Å². The molecule has 0 radical (unpaired) electrons. The second-order valence-electron chi connectivity index (χ2n) is 6.94.